The van der Waals surface area contributed by atoms with Gasteiger partial charge in [0, 0.05) is 5.38 Å². The number of allylic oxidation sites excluding steroid dienone is 1. The van der Waals surface area contributed by atoms with Crippen LogP contribution >= 0.6 is 11.3 Å². The number of hydrogen-bond acceptors (Lipinski definition) is 3. The molecule has 0 aromatic carbocycles. The first-order valence-corrected chi connectivity index (χ1v) is 3.38. The van der Waals surface area contributed by atoms with Crippen molar-refractivity contribution in [3.8, 4) is 0 Å². The standard InChI is InChI=1S/C6H5NOS/c8-3-1-2-6-4-9-5-7-6/h1-5H/b2-1+. The van der Waals surface area contributed by atoms with E-state index in [-0.39, 0.29) is 0 Å². The highest BCUT2D eigenvalue weighted by Crippen LogP contribution is 2.01. The molecule has 1 aromatic heterocycles. The Hall–Kier alpha value is -0.960. The van der Waals surface area contributed by atoms with Crippen LogP contribution in [0.2, 0.25) is 0 Å². The van der Waals surface area contributed by atoms with E-state index in [0.29, 0.717) is 0 Å². The smallest absolute Gasteiger partial charge is 0.142 e. The minimum absolute atomic E-state index is 0.735. The summed E-state index contributed by atoms with van der Waals surface area (Å²) in [5.41, 5.74) is 2.57. The van der Waals surface area contributed by atoms with Gasteiger partial charge in [-0.3, -0.25) is 4.79 Å². The summed E-state index contributed by atoms with van der Waals surface area (Å²) in [6.07, 6.45) is 3.83. The molecular weight excluding hydrogens is 134 g/mol. The van der Waals surface area contributed by atoms with Crippen molar-refractivity contribution in [3.63, 3.8) is 0 Å². The van der Waals surface area contributed by atoms with Crippen LogP contribution in [0.4, 0.5) is 0 Å². The molecule has 0 atom stereocenters. The molecule has 0 unspecified atom stereocenters. The third-order valence-corrected chi connectivity index (χ3v) is 1.40. The summed E-state index contributed by atoms with van der Waals surface area (Å²) in [6, 6.07) is 0. The fourth-order valence-corrected chi connectivity index (χ4v) is 0.964. The van der Waals surface area contributed by atoms with Crippen molar-refractivity contribution >= 4 is 23.7 Å². The van der Waals surface area contributed by atoms with Crippen molar-refractivity contribution in [2.45, 2.75) is 0 Å². The molecule has 1 rings (SSSR count). The molecule has 46 valence electrons. The summed E-state index contributed by atoms with van der Waals surface area (Å²) < 4.78 is 0. The van der Waals surface area contributed by atoms with Crippen molar-refractivity contribution in [1.29, 1.82) is 0 Å². The Labute approximate surface area is 56.9 Å². The predicted octanol–water partition coefficient (Wildman–Crippen LogP) is 1.36. The molecule has 0 bridgehead atoms. The van der Waals surface area contributed by atoms with Gasteiger partial charge < -0.3 is 0 Å². The van der Waals surface area contributed by atoms with E-state index in [2.05, 4.69) is 4.98 Å². The summed E-state index contributed by atoms with van der Waals surface area (Å²) in [4.78, 5) is 13.7. The molecule has 1 aromatic rings. The summed E-state index contributed by atoms with van der Waals surface area (Å²) in [6.45, 7) is 0. The van der Waals surface area contributed by atoms with Gasteiger partial charge in [0.15, 0.2) is 0 Å². The van der Waals surface area contributed by atoms with E-state index in [4.69, 9.17) is 0 Å². The minimum atomic E-state index is 0.735. The molecule has 0 aliphatic heterocycles. The van der Waals surface area contributed by atoms with E-state index in [9.17, 15) is 4.79 Å². The van der Waals surface area contributed by atoms with E-state index in [1.54, 1.807) is 11.6 Å². The predicted molar refractivity (Wildman–Crippen MR) is 37.2 cm³/mol. The van der Waals surface area contributed by atoms with Crippen molar-refractivity contribution in [1.82, 2.24) is 4.98 Å². The molecule has 3 heteroatoms. The normalized spacial score (nSPS) is 10.2. The van der Waals surface area contributed by atoms with Crippen LogP contribution in [0.1, 0.15) is 5.69 Å². The summed E-state index contributed by atoms with van der Waals surface area (Å²) in [5, 5.41) is 1.88. The Morgan fingerprint density at radius 3 is 3.11 bits per heavy atom. The van der Waals surface area contributed by atoms with E-state index in [1.165, 1.54) is 17.4 Å². The zero-order valence-electron chi connectivity index (χ0n) is 4.65. The van der Waals surface area contributed by atoms with Gasteiger partial charge in [-0.15, -0.1) is 11.3 Å². The van der Waals surface area contributed by atoms with Gasteiger partial charge in [0.1, 0.15) is 6.29 Å². The molecule has 0 aliphatic rings. The van der Waals surface area contributed by atoms with E-state index >= 15 is 0 Å². The summed E-state index contributed by atoms with van der Waals surface area (Å²) in [7, 11) is 0. The first-order chi connectivity index (χ1) is 4.43. The number of rotatable bonds is 2. The van der Waals surface area contributed by atoms with Gasteiger partial charge in [-0.05, 0) is 12.2 Å². The van der Waals surface area contributed by atoms with Gasteiger partial charge in [0.25, 0.3) is 0 Å². The van der Waals surface area contributed by atoms with Gasteiger partial charge in [-0.25, -0.2) is 4.98 Å². The number of thiazole rings is 1. The number of carbonyl (C=O) groups is 1. The van der Waals surface area contributed by atoms with E-state index in [1.807, 2.05) is 5.38 Å². The fraction of sp³-hybridized carbons (Fsp3) is 0. The Bertz CT molecular complexity index is 203. The third-order valence-electron chi connectivity index (χ3n) is 0.797. The second-order valence-electron chi connectivity index (χ2n) is 1.41. The average molecular weight is 139 g/mol. The maximum atomic E-state index is 9.79. The molecule has 0 N–H and O–H groups in total. The number of carbonyl (C=O) groups excluding carboxylic acids is 1. The number of nitrogens with zero attached hydrogens (tertiary/aromatic N) is 1. The highest BCUT2D eigenvalue weighted by molar-refractivity contribution is 7.07. The lowest BCUT2D eigenvalue weighted by Crippen LogP contribution is -1.66. The van der Waals surface area contributed by atoms with Crippen LogP contribution in [-0.2, 0) is 4.79 Å². The van der Waals surface area contributed by atoms with Gasteiger partial charge in [0.2, 0.25) is 0 Å². The van der Waals surface area contributed by atoms with E-state index in [0.717, 1.165) is 12.0 Å². The summed E-state index contributed by atoms with van der Waals surface area (Å²) in [5.74, 6) is 0. The van der Waals surface area contributed by atoms with Gasteiger partial charge in [0.05, 0.1) is 11.2 Å². The van der Waals surface area contributed by atoms with Crippen LogP contribution in [0.3, 0.4) is 0 Å². The fourth-order valence-electron chi connectivity index (χ4n) is 0.442. The number of hydrogen-bond donors (Lipinski definition) is 0. The zero-order valence-corrected chi connectivity index (χ0v) is 5.47. The molecule has 0 spiro atoms. The van der Waals surface area contributed by atoms with Crippen molar-refractivity contribution in [2.24, 2.45) is 0 Å². The molecule has 0 radical (unpaired) electrons. The lowest BCUT2D eigenvalue weighted by atomic mass is 10.4. The lowest BCUT2D eigenvalue weighted by molar-refractivity contribution is -0.104. The maximum absolute atomic E-state index is 9.79. The minimum Gasteiger partial charge on any atom is -0.299 e. The second-order valence-corrected chi connectivity index (χ2v) is 2.13. The van der Waals surface area contributed by atoms with Crippen molar-refractivity contribution < 1.29 is 4.79 Å². The monoisotopic (exact) mass is 139 g/mol. The van der Waals surface area contributed by atoms with Crippen LogP contribution in [0.25, 0.3) is 6.08 Å². The number of aromatic nitrogens is 1. The third kappa shape index (κ3) is 1.77. The first kappa shape index (κ1) is 6.16. The second kappa shape index (κ2) is 3.14. The molecular formula is C6H5NOS. The van der Waals surface area contributed by atoms with E-state index < -0.39 is 0 Å². The molecule has 0 saturated heterocycles. The zero-order chi connectivity index (χ0) is 6.53. The molecule has 2 nitrogen and oxygen atoms in total. The highest BCUT2D eigenvalue weighted by atomic mass is 32.1. The lowest BCUT2D eigenvalue weighted by Gasteiger charge is -1.73. The Morgan fingerprint density at radius 1 is 1.67 bits per heavy atom. The number of aldehydes is 1. The molecule has 0 amide bonds. The Morgan fingerprint density at radius 2 is 2.56 bits per heavy atom. The molecule has 0 fully saturated rings. The maximum Gasteiger partial charge on any atom is 0.142 e. The largest absolute Gasteiger partial charge is 0.299 e. The quantitative estimate of drug-likeness (QED) is 0.457. The van der Waals surface area contributed by atoms with Gasteiger partial charge in [-0.2, -0.15) is 0 Å². The molecule has 0 saturated carbocycles. The topological polar surface area (TPSA) is 30.0 Å². The SMILES string of the molecule is O=C/C=C/c1cscn1. The Balaban J connectivity index is 2.67. The van der Waals surface area contributed by atoms with Crippen molar-refractivity contribution in [3.05, 3.63) is 22.7 Å². The first-order valence-electron chi connectivity index (χ1n) is 2.43. The van der Waals surface area contributed by atoms with Crippen LogP contribution in [0, 0.1) is 0 Å². The van der Waals surface area contributed by atoms with Crippen LogP contribution in [0.5, 0.6) is 0 Å². The van der Waals surface area contributed by atoms with Crippen molar-refractivity contribution in [2.75, 3.05) is 0 Å². The van der Waals surface area contributed by atoms with Crippen LogP contribution in [0.15, 0.2) is 17.0 Å². The molecule has 0 aliphatic carbocycles. The highest BCUT2D eigenvalue weighted by Gasteiger charge is 1.83. The Kier molecular flexibility index (Phi) is 2.15. The molecule has 1 heterocycles. The average Bonchev–Trinajstić information content (AvgIpc) is 2.34. The molecule has 9 heavy (non-hydrogen) atoms. The van der Waals surface area contributed by atoms with Crippen LogP contribution < -0.4 is 0 Å². The summed E-state index contributed by atoms with van der Waals surface area (Å²) >= 11 is 1.51. The van der Waals surface area contributed by atoms with Gasteiger partial charge >= 0.3 is 0 Å². The van der Waals surface area contributed by atoms with Gasteiger partial charge in [-0.1, -0.05) is 0 Å². The van der Waals surface area contributed by atoms with Crippen LogP contribution in [-0.4, -0.2) is 11.3 Å².